The highest BCUT2D eigenvalue weighted by Crippen LogP contribution is 2.29. The van der Waals surface area contributed by atoms with Crippen molar-refractivity contribution in [3.63, 3.8) is 0 Å². The molecule has 0 bridgehead atoms. The predicted molar refractivity (Wildman–Crippen MR) is 78.9 cm³/mol. The average Bonchev–Trinajstić information content (AvgIpc) is 2.49. The SMILES string of the molecule is Cc1cc(C(N)c2cccc3cnccc23)c(F)cc1F. The molecule has 0 spiro atoms. The third-order valence-corrected chi connectivity index (χ3v) is 3.66. The van der Waals surface area contributed by atoms with Gasteiger partial charge in [-0.15, -0.1) is 0 Å². The minimum Gasteiger partial charge on any atom is -0.320 e. The Bertz CT molecular complexity index is 810. The van der Waals surface area contributed by atoms with Crippen molar-refractivity contribution in [2.24, 2.45) is 5.73 Å². The highest BCUT2D eigenvalue weighted by atomic mass is 19.1. The summed E-state index contributed by atoms with van der Waals surface area (Å²) in [5.74, 6) is -1.19. The summed E-state index contributed by atoms with van der Waals surface area (Å²) in [5.41, 5.74) is 7.68. The number of nitrogens with two attached hydrogens (primary N) is 1. The quantitative estimate of drug-likeness (QED) is 0.776. The Morgan fingerprint density at radius 3 is 2.67 bits per heavy atom. The molecule has 0 saturated heterocycles. The van der Waals surface area contributed by atoms with E-state index in [2.05, 4.69) is 4.98 Å². The molecule has 0 amide bonds. The van der Waals surface area contributed by atoms with Gasteiger partial charge in [0.05, 0.1) is 6.04 Å². The fraction of sp³-hybridized carbons (Fsp3) is 0.118. The standard InChI is InChI=1S/C17H14F2N2/c1-10-7-14(16(19)8-15(10)18)17(20)13-4-2-3-11-9-21-6-5-12(11)13/h2-9,17H,20H2,1H3. The van der Waals surface area contributed by atoms with Crippen LogP contribution < -0.4 is 5.73 Å². The molecule has 0 aliphatic carbocycles. The van der Waals surface area contributed by atoms with E-state index in [1.807, 2.05) is 24.3 Å². The minimum absolute atomic E-state index is 0.290. The van der Waals surface area contributed by atoms with E-state index < -0.39 is 17.7 Å². The van der Waals surface area contributed by atoms with Crippen molar-refractivity contribution in [1.82, 2.24) is 4.98 Å². The maximum Gasteiger partial charge on any atom is 0.131 e. The Hall–Kier alpha value is -2.33. The second-order valence-electron chi connectivity index (χ2n) is 5.04. The lowest BCUT2D eigenvalue weighted by Crippen LogP contribution is -2.14. The fourth-order valence-electron chi connectivity index (χ4n) is 2.50. The van der Waals surface area contributed by atoms with Crippen LogP contribution in [0.3, 0.4) is 0 Å². The van der Waals surface area contributed by atoms with Gasteiger partial charge in [0.1, 0.15) is 11.6 Å². The van der Waals surface area contributed by atoms with Crippen LogP contribution in [0, 0.1) is 18.6 Å². The molecule has 0 fully saturated rings. The molecule has 0 aliphatic heterocycles. The summed E-state index contributed by atoms with van der Waals surface area (Å²) in [6, 6.07) is 9.17. The van der Waals surface area contributed by atoms with Crippen molar-refractivity contribution < 1.29 is 8.78 Å². The Labute approximate surface area is 121 Å². The van der Waals surface area contributed by atoms with E-state index in [-0.39, 0.29) is 0 Å². The van der Waals surface area contributed by atoms with Crippen LogP contribution in [0.25, 0.3) is 10.8 Å². The molecular formula is C17H14F2N2. The lowest BCUT2D eigenvalue weighted by atomic mass is 9.94. The zero-order valence-electron chi connectivity index (χ0n) is 11.5. The van der Waals surface area contributed by atoms with Gasteiger partial charge in [-0.2, -0.15) is 0 Å². The lowest BCUT2D eigenvalue weighted by Gasteiger charge is -2.16. The number of nitrogens with zero attached hydrogens (tertiary/aromatic N) is 1. The maximum absolute atomic E-state index is 14.0. The Morgan fingerprint density at radius 1 is 1.05 bits per heavy atom. The predicted octanol–water partition coefficient (Wildman–Crippen LogP) is 3.87. The van der Waals surface area contributed by atoms with Gasteiger partial charge >= 0.3 is 0 Å². The largest absolute Gasteiger partial charge is 0.320 e. The second-order valence-corrected chi connectivity index (χ2v) is 5.04. The summed E-state index contributed by atoms with van der Waals surface area (Å²) in [6.07, 6.45) is 3.41. The van der Waals surface area contributed by atoms with Crippen molar-refractivity contribution in [3.8, 4) is 0 Å². The summed E-state index contributed by atoms with van der Waals surface area (Å²) < 4.78 is 27.4. The van der Waals surface area contributed by atoms with Crippen LogP contribution in [-0.4, -0.2) is 4.98 Å². The molecule has 106 valence electrons. The van der Waals surface area contributed by atoms with E-state index in [9.17, 15) is 8.78 Å². The minimum atomic E-state index is -0.657. The van der Waals surface area contributed by atoms with Crippen molar-refractivity contribution in [1.29, 1.82) is 0 Å². The van der Waals surface area contributed by atoms with E-state index in [0.29, 0.717) is 11.1 Å². The zero-order valence-corrected chi connectivity index (χ0v) is 11.5. The first-order valence-electron chi connectivity index (χ1n) is 6.61. The first-order chi connectivity index (χ1) is 10.1. The van der Waals surface area contributed by atoms with E-state index in [4.69, 9.17) is 5.73 Å². The number of aryl methyl sites for hydroxylation is 1. The molecule has 2 N–H and O–H groups in total. The van der Waals surface area contributed by atoms with Crippen molar-refractivity contribution in [3.05, 3.63) is 77.1 Å². The smallest absolute Gasteiger partial charge is 0.131 e. The molecule has 2 nitrogen and oxygen atoms in total. The molecule has 1 aromatic heterocycles. The van der Waals surface area contributed by atoms with Gasteiger partial charge in [-0.25, -0.2) is 8.78 Å². The number of fused-ring (bicyclic) bond motifs is 1. The summed E-state index contributed by atoms with van der Waals surface area (Å²) in [6.45, 7) is 1.60. The van der Waals surface area contributed by atoms with E-state index in [1.165, 1.54) is 6.07 Å². The summed E-state index contributed by atoms with van der Waals surface area (Å²) >= 11 is 0. The Kier molecular flexibility index (Phi) is 3.39. The van der Waals surface area contributed by atoms with E-state index >= 15 is 0 Å². The van der Waals surface area contributed by atoms with Crippen molar-refractivity contribution in [2.75, 3.05) is 0 Å². The van der Waals surface area contributed by atoms with E-state index in [0.717, 1.165) is 22.4 Å². The van der Waals surface area contributed by atoms with Crippen LogP contribution in [0.4, 0.5) is 8.78 Å². The molecule has 0 radical (unpaired) electrons. The summed E-state index contributed by atoms with van der Waals surface area (Å²) in [5, 5.41) is 1.85. The molecule has 3 aromatic rings. The van der Waals surface area contributed by atoms with Gasteiger partial charge in [0.2, 0.25) is 0 Å². The van der Waals surface area contributed by atoms with Crippen LogP contribution >= 0.6 is 0 Å². The number of pyridine rings is 1. The first kappa shape index (κ1) is 13.6. The van der Waals surface area contributed by atoms with Gasteiger partial charge in [-0.1, -0.05) is 18.2 Å². The number of benzene rings is 2. The topological polar surface area (TPSA) is 38.9 Å². The zero-order chi connectivity index (χ0) is 15.0. The van der Waals surface area contributed by atoms with Gasteiger partial charge < -0.3 is 5.73 Å². The Morgan fingerprint density at radius 2 is 1.86 bits per heavy atom. The van der Waals surface area contributed by atoms with E-state index in [1.54, 1.807) is 19.3 Å². The molecule has 3 rings (SSSR count). The van der Waals surface area contributed by atoms with Crippen LogP contribution in [0.1, 0.15) is 22.7 Å². The monoisotopic (exact) mass is 284 g/mol. The maximum atomic E-state index is 14.0. The number of rotatable bonds is 2. The van der Waals surface area contributed by atoms with Gasteiger partial charge in [0, 0.05) is 29.4 Å². The number of hydrogen-bond donors (Lipinski definition) is 1. The number of halogens is 2. The molecule has 21 heavy (non-hydrogen) atoms. The molecule has 1 atom stereocenters. The normalized spacial score (nSPS) is 12.6. The van der Waals surface area contributed by atoms with Crippen LogP contribution in [0.5, 0.6) is 0 Å². The molecule has 0 saturated carbocycles. The first-order valence-corrected chi connectivity index (χ1v) is 6.61. The lowest BCUT2D eigenvalue weighted by molar-refractivity contribution is 0.561. The number of hydrogen-bond acceptors (Lipinski definition) is 2. The van der Waals surface area contributed by atoms with Gasteiger partial charge in [-0.05, 0) is 35.6 Å². The molecule has 2 aromatic carbocycles. The van der Waals surface area contributed by atoms with Gasteiger partial charge in [0.15, 0.2) is 0 Å². The average molecular weight is 284 g/mol. The molecule has 1 heterocycles. The van der Waals surface area contributed by atoms with Crippen molar-refractivity contribution in [2.45, 2.75) is 13.0 Å². The van der Waals surface area contributed by atoms with Crippen LogP contribution in [0.2, 0.25) is 0 Å². The third-order valence-electron chi connectivity index (χ3n) is 3.66. The summed E-state index contributed by atoms with van der Waals surface area (Å²) in [7, 11) is 0. The third kappa shape index (κ3) is 2.38. The number of aromatic nitrogens is 1. The Balaban J connectivity index is 2.17. The molecule has 0 aliphatic rings. The van der Waals surface area contributed by atoms with Gasteiger partial charge in [-0.3, -0.25) is 4.98 Å². The van der Waals surface area contributed by atoms with Crippen LogP contribution in [-0.2, 0) is 0 Å². The van der Waals surface area contributed by atoms with Crippen molar-refractivity contribution >= 4 is 10.8 Å². The highest BCUT2D eigenvalue weighted by molar-refractivity contribution is 5.85. The second kappa shape index (κ2) is 5.22. The molecule has 4 heteroatoms. The van der Waals surface area contributed by atoms with Gasteiger partial charge in [0.25, 0.3) is 0 Å². The summed E-state index contributed by atoms with van der Waals surface area (Å²) in [4.78, 5) is 4.06. The highest BCUT2D eigenvalue weighted by Gasteiger charge is 2.17. The fourth-order valence-corrected chi connectivity index (χ4v) is 2.50. The van der Waals surface area contributed by atoms with Crippen LogP contribution in [0.15, 0.2) is 48.8 Å². The molecule has 1 unspecified atom stereocenters. The molecular weight excluding hydrogens is 270 g/mol.